The van der Waals surface area contributed by atoms with E-state index < -0.39 is 5.97 Å². The second-order valence-corrected chi connectivity index (χ2v) is 3.69. The summed E-state index contributed by atoms with van der Waals surface area (Å²) in [5.74, 6) is -0.151. The predicted molar refractivity (Wildman–Crippen MR) is 64.8 cm³/mol. The van der Waals surface area contributed by atoms with Crippen molar-refractivity contribution in [2.45, 2.75) is 0 Å². The number of nitrogen functional groups attached to an aromatic ring is 1. The minimum atomic E-state index is -0.645. The van der Waals surface area contributed by atoms with Crippen LogP contribution in [0.5, 0.6) is 0 Å². The lowest BCUT2D eigenvalue weighted by Gasteiger charge is -2.10. The van der Waals surface area contributed by atoms with E-state index in [9.17, 15) is 4.79 Å². The monoisotopic (exact) mass is 264 g/mol. The maximum Gasteiger partial charge on any atom is 0.377 e. The van der Waals surface area contributed by atoms with Crippen LogP contribution in [-0.2, 0) is 4.74 Å². The van der Waals surface area contributed by atoms with E-state index in [1.807, 2.05) is 0 Å². The summed E-state index contributed by atoms with van der Waals surface area (Å²) < 4.78 is 5.73. The number of anilines is 2. The van der Waals surface area contributed by atoms with E-state index in [0.29, 0.717) is 5.95 Å². The van der Waals surface area contributed by atoms with E-state index in [0.717, 1.165) is 0 Å². The van der Waals surface area contributed by atoms with Crippen molar-refractivity contribution >= 4 is 17.9 Å². The van der Waals surface area contributed by atoms with Gasteiger partial charge in [-0.15, -0.1) is 5.10 Å². The first-order chi connectivity index (χ1) is 9.01. The Kier molecular flexibility index (Phi) is 3.23. The van der Waals surface area contributed by atoms with Crippen LogP contribution in [0.25, 0.3) is 5.95 Å². The number of aromatic nitrogens is 6. The zero-order chi connectivity index (χ0) is 14.0. The van der Waals surface area contributed by atoms with Crippen molar-refractivity contribution in [1.29, 1.82) is 0 Å². The first kappa shape index (κ1) is 12.7. The summed E-state index contributed by atoms with van der Waals surface area (Å²) in [5, 5.41) is 3.90. The van der Waals surface area contributed by atoms with Gasteiger partial charge >= 0.3 is 5.97 Å². The third kappa shape index (κ3) is 2.56. The summed E-state index contributed by atoms with van der Waals surface area (Å²) in [7, 11) is 4.77. The average Bonchev–Trinajstić information content (AvgIpc) is 2.86. The molecule has 0 aliphatic carbocycles. The van der Waals surface area contributed by atoms with Crippen molar-refractivity contribution in [2.75, 3.05) is 31.8 Å². The molecule has 0 bridgehead atoms. The van der Waals surface area contributed by atoms with Gasteiger partial charge < -0.3 is 15.4 Å². The second kappa shape index (κ2) is 4.84. The molecule has 2 N–H and O–H groups in total. The number of hydrogen-bond acceptors (Lipinski definition) is 9. The van der Waals surface area contributed by atoms with Crippen LogP contribution in [0.15, 0.2) is 6.33 Å². The fourth-order valence-electron chi connectivity index (χ4n) is 1.22. The van der Waals surface area contributed by atoms with E-state index in [2.05, 4.69) is 29.8 Å². The van der Waals surface area contributed by atoms with E-state index in [4.69, 9.17) is 5.73 Å². The van der Waals surface area contributed by atoms with Crippen LogP contribution < -0.4 is 10.6 Å². The number of methoxy groups -OCH3 is 1. The van der Waals surface area contributed by atoms with Gasteiger partial charge in [0.25, 0.3) is 11.8 Å². The van der Waals surface area contributed by atoms with Crippen molar-refractivity contribution in [3.63, 3.8) is 0 Å². The van der Waals surface area contributed by atoms with Crippen LogP contribution in [0.1, 0.15) is 10.6 Å². The zero-order valence-electron chi connectivity index (χ0n) is 10.6. The van der Waals surface area contributed by atoms with E-state index in [-0.39, 0.29) is 17.7 Å². The van der Waals surface area contributed by atoms with Crippen molar-refractivity contribution in [1.82, 2.24) is 29.7 Å². The maximum absolute atomic E-state index is 11.3. The SMILES string of the molecule is COC(=O)c1ncn(-c2nc(N)nc(N(C)C)n2)n1. The molecule has 0 saturated carbocycles. The fraction of sp³-hybridized carbons (Fsp3) is 0.333. The number of ether oxygens (including phenoxy) is 1. The highest BCUT2D eigenvalue weighted by Gasteiger charge is 2.14. The molecule has 0 atom stereocenters. The highest BCUT2D eigenvalue weighted by Crippen LogP contribution is 2.08. The Morgan fingerprint density at radius 2 is 2.11 bits per heavy atom. The van der Waals surface area contributed by atoms with E-state index in [1.165, 1.54) is 18.1 Å². The Morgan fingerprint density at radius 3 is 2.74 bits per heavy atom. The molecule has 2 rings (SSSR count). The third-order valence-corrected chi connectivity index (χ3v) is 2.09. The second-order valence-electron chi connectivity index (χ2n) is 3.69. The predicted octanol–water partition coefficient (Wildman–Crippen LogP) is -1.11. The number of hydrogen-bond donors (Lipinski definition) is 1. The molecule has 100 valence electrons. The maximum atomic E-state index is 11.3. The number of carbonyl (C=O) groups is 1. The Labute approximate surface area is 108 Å². The molecule has 0 unspecified atom stereocenters. The summed E-state index contributed by atoms with van der Waals surface area (Å²) in [4.78, 5) is 28.7. The summed E-state index contributed by atoms with van der Waals surface area (Å²) in [6, 6.07) is 0. The number of nitrogens with two attached hydrogens (primary N) is 1. The molecular formula is C9H12N8O2. The van der Waals surface area contributed by atoms with Gasteiger partial charge in [0, 0.05) is 14.1 Å². The molecule has 2 aromatic heterocycles. The van der Waals surface area contributed by atoms with Crippen molar-refractivity contribution in [3.05, 3.63) is 12.2 Å². The Bertz CT molecular complexity index is 608. The van der Waals surface area contributed by atoms with Gasteiger partial charge in [0.15, 0.2) is 0 Å². The Morgan fingerprint density at radius 1 is 1.37 bits per heavy atom. The molecule has 0 fully saturated rings. The van der Waals surface area contributed by atoms with Crippen LogP contribution >= 0.6 is 0 Å². The third-order valence-electron chi connectivity index (χ3n) is 2.09. The van der Waals surface area contributed by atoms with Gasteiger partial charge in [-0.3, -0.25) is 0 Å². The largest absolute Gasteiger partial charge is 0.463 e. The fourth-order valence-corrected chi connectivity index (χ4v) is 1.22. The van der Waals surface area contributed by atoms with Gasteiger partial charge in [0.05, 0.1) is 7.11 Å². The van der Waals surface area contributed by atoms with Gasteiger partial charge in [-0.05, 0) is 0 Å². The van der Waals surface area contributed by atoms with Crippen molar-refractivity contribution in [2.24, 2.45) is 0 Å². The highest BCUT2D eigenvalue weighted by molar-refractivity contribution is 5.84. The van der Waals surface area contributed by atoms with Gasteiger partial charge in [-0.25, -0.2) is 9.78 Å². The lowest BCUT2D eigenvalue weighted by Crippen LogP contribution is -2.17. The average molecular weight is 264 g/mol. The minimum absolute atomic E-state index is 0.0452. The first-order valence-electron chi connectivity index (χ1n) is 5.20. The summed E-state index contributed by atoms with van der Waals surface area (Å²) in [6.07, 6.45) is 1.29. The first-order valence-corrected chi connectivity index (χ1v) is 5.20. The molecule has 2 aromatic rings. The van der Waals surface area contributed by atoms with Crippen LogP contribution in [-0.4, -0.2) is 56.9 Å². The number of nitrogens with zero attached hydrogens (tertiary/aromatic N) is 7. The standard InChI is InChI=1S/C9H12N8O2/c1-16(2)8-12-7(10)13-9(14-8)17-4-11-5(15-17)6(18)19-3/h4H,1-3H3,(H2,10,12,13,14). The molecule has 19 heavy (non-hydrogen) atoms. The smallest absolute Gasteiger partial charge is 0.377 e. The van der Waals surface area contributed by atoms with Gasteiger partial charge in [0.1, 0.15) is 6.33 Å². The topological polar surface area (TPSA) is 125 Å². The van der Waals surface area contributed by atoms with Gasteiger partial charge in [-0.2, -0.15) is 19.6 Å². The van der Waals surface area contributed by atoms with Crippen molar-refractivity contribution in [3.8, 4) is 5.95 Å². The van der Waals surface area contributed by atoms with Crippen LogP contribution in [0, 0.1) is 0 Å². The van der Waals surface area contributed by atoms with Crippen LogP contribution in [0.3, 0.4) is 0 Å². The molecule has 0 aliphatic rings. The molecule has 10 nitrogen and oxygen atoms in total. The summed E-state index contributed by atoms with van der Waals surface area (Å²) in [6.45, 7) is 0. The lowest BCUT2D eigenvalue weighted by atomic mass is 10.6. The molecular weight excluding hydrogens is 252 g/mol. The molecule has 2 heterocycles. The minimum Gasteiger partial charge on any atom is -0.463 e. The Balaban J connectivity index is 2.41. The molecule has 10 heteroatoms. The van der Waals surface area contributed by atoms with Crippen LogP contribution in [0.4, 0.5) is 11.9 Å². The lowest BCUT2D eigenvalue weighted by molar-refractivity contribution is 0.0587. The highest BCUT2D eigenvalue weighted by atomic mass is 16.5. The van der Waals surface area contributed by atoms with E-state index in [1.54, 1.807) is 19.0 Å². The molecule has 0 aromatic carbocycles. The Hall–Kier alpha value is -2.78. The molecule has 0 saturated heterocycles. The number of rotatable bonds is 3. The summed E-state index contributed by atoms with van der Waals surface area (Å²) >= 11 is 0. The number of carbonyl (C=O) groups excluding carboxylic acids is 1. The molecule has 0 radical (unpaired) electrons. The molecule has 0 aliphatic heterocycles. The zero-order valence-corrected chi connectivity index (χ0v) is 10.6. The number of esters is 1. The molecule has 0 amide bonds. The molecule has 0 spiro atoms. The quantitative estimate of drug-likeness (QED) is 0.686. The van der Waals surface area contributed by atoms with E-state index >= 15 is 0 Å². The van der Waals surface area contributed by atoms with Gasteiger partial charge in [-0.1, -0.05) is 0 Å². The van der Waals surface area contributed by atoms with Crippen molar-refractivity contribution < 1.29 is 9.53 Å². The van der Waals surface area contributed by atoms with Gasteiger partial charge in [0.2, 0.25) is 11.9 Å². The normalized spacial score (nSPS) is 10.3. The summed E-state index contributed by atoms with van der Waals surface area (Å²) in [5.41, 5.74) is 5.59. The van der Waals surface area contributed by atoms with Crippen LogP contribution in [0.2, 0.25) is 0 Å².